The molecule has 0 spiro atoms. The number of anilines is 1. The molecule has 162 valence electrons. The third-order valence-electron chi connectivity index (χ3n) is 5.11. The molecule has 0 unspecified atom stereocenters. The first-order valence-corrected chi connectivity index (χ1v) is 12.2. The molecule has 1 aliphatic carbocycles. The van der Waals surface area contributed by atoms with Crippen molar-refractivity contribution in [2.24, 2.45) is 5.41 Å². The number of aromatic nitrogens is 1. The maximum Gasteiger partial charge on any atom is 0.257 e. The van der Waals surface area contributed by atoms with Gasteiger partial charge in [0.15, 0.2) is 10.9 Å². The summed E-state index contributed by atoms with van der Waals surface area (Å²) in [5.74, 6) is -0.336. The van der Waals surface area contributed by atoms with Gasteiger partial charge in [0.1, 0.15) is 0 Å². The zero-order valence-corrected chi connectivity index (χ0v) is 19.3. The molecule has 1 aliphatic rings. The lowest BCUT2D eigenvalue weighted by Gasteiger charge is -2.26. The van der Waals surface area contributed by atoms with Gasteiger partial charge in [-0.1, -0.05) is 38.5 Å². The van der Waals surface area contributed by atoms with E-state index in [1.54, 1.807) is 7.05 Å². The number of rotatable bonds is 7. The van der Waals surface area contributed by atoms with Crippen LogP contribution in [0.4, 0.5) is 5.13 Å². The van der Waals surface area contributed by atoms with Gasteiger partial charge in [0.2, 0.25) is 10.0 Å². The summed E-state index contributed by atoms with van der Waals surface area (Å²) >= 11 is 1.19. The van der Waals surface area contributed by atoms with Crippen molar-refractivity contribution in [2.45, 2.75) is 51.3 Å². The van der Waals surface area contributed by atoms with E-state index in [-0.39, 0.29) is 16.1 Å². The van der Waals surface area contributed by atoms with Crippen LogP contribution < -0.4 is 5.32 Å². The van der Waals surface area contributed by atoms with Crippen LogP contribution in [0.15, 0.2) is 29.2 Å². The third kappa shape index (κ3) is 4.79. The number of sulfonamides is 1. The molecule has 0 atom stereocenters. The van der Waals surface area contributed by atoms with Crippen molar-refractivity contribution in [3.8, 4) is 0 Å². The number of benzene rings is 1. The van der Waals surface area contributed by atoms with E-state index in [2.05, 4.69) is 10.3 Å². The smallest absolute Gasteiger partial charge is 0.257 e. The highest BCUT2D eigenvalue weighted by Crippen LogP contribution is 2.38. The van der Waals surface area contributed by atoms with E-state index in [4.69, 9.17) is 0 Å². The molecule has 0 bridgehead atoms. The van der Waals surface area contributed by atoms with Crippen molar-refractivity contribution in [3.63, 3.8) is 0 Å². The number of nitrogens with zero attached hydrogens (tertiary/aromatic N) is 2. The number of hydrogen-bond donors (Lipinski definition) is 1. The second-order valence-electron chi connectivity index (χ2n) is 8.39. The van der Waals surface area contributed by atoms with Crippen molar-refractivity contribution in [1.29, 1.82) is 0 Å². The number of amides is 1. The van der Waals surface area contributed by atoms with E-state index in [1.165, 1.54) is 39.9 Å². The second kappa shape index (κ2) is 8.56. The van der Waals surface area contributed by atoms with Gasteiger partial charge in [-0.3, -0.25) is 14.9 Å². The Bertz CT molecular complexity index is 1060. The maximum atomic E-state index is 12.6. The Balaban J connectivity index is 1.72. The average molecular weight is 450 g/mol. The molecule has 1 amide bonds. The first-order valence-electron chi connectivity index (χ1n) is 9.94. The minimum absolute atomic E-state index is 0.0565. The summed E-state index contributed by atoms with van der Waals surface area (Å²) in [6, 6.07) is 5.84. The van der Waals surface area contributed by atoms with Gasteiger partial charge in [0.25, 0.3) is 5.91 Å². The summed E-state index contributed by atoms with van der Waals surface area (Å²) in [4.78, 5) is 30.1. The monoisotopic (exact) mass is 449 g/mol. The third-order valence-corrected chi connectivity index (χ3v) is 8.03. The maximum absolute atomic E-state index is 12.6. The Morgan fingerprint density at radius 1 is 1.23 bits per heavy atom. The molecule has 2 aromatic rings. The lowest BCUT2D eigenvalue weighted by Crippen LogP contribution is -2.28. The van der Waals surface area contributed by atoms with Gasteiger partial charge in [0, 0.05) is 25.6 Å². The molecule has 30 heavy (non-hydrogen) atoms. The van der Waals surface area contributed by atoms with Gasteiger partial charge < -0.3 is 0 Å². The highest BCUT2D eigenvalue weighted by atomic mass is 32.2. The van der Waals surface area contributed by atoms with Crippen LogP contribution in [-0.4, -0.2) is 43.0 Å². The molecule has 0 saturated carbocycles. The predicted molar refractivity (Wildman–Crippen MR) is 118 cm³/mol. The first kappa shape index (κ1) is 22.6. The Morgan fingerprint density at radius 2 is 1.90 bits per heavy atom. The number of Topliss-reactive ketones (excluding diaryl/α,β-unsaturated/α-hetero) is 1. The molecule has 9 heteroatoms. The topological polar surface area (TPSA) is 96.4 Å². The Kier molecular flexibility index (Phi) is 6.45. The fraction of sp³-hybridized carbons (Fsp3) is 0.476. The number of hydrogen-bond acceptors (Lipinski definition) is 6. The van der Waals surface area contributed by atoms with E-state index in [0.717, 1.165) is 18.5 Å². The lowest BCUT2D eigenvalue weighted by atomic mass is 9.78. The van der Waals surface area contributed by atoms with Crippen LogP contribution in [0.25, 0.3) is 0 Å². The minimum atomic E-state index is -3.58. The summed E-state index contributed by atoms with van der Waals surface area (Å²) in [5.41, 5.74) is 0.920. The molecule has 1 N–H and O–H groups in total. The van der Waals surface area contributed by atoms with Gasteiger partial charge >= 0.3 is 0 Å². The van der Waals surface area contributed by atoms with Crippen molar-refractivity contribution < 1.29 is 18.0 Å². The standard InChI is InChI=1S/C21H27N3O4S2/c1-5-6-11-24(4)30(27,28)15-9-7-14(8-10-15)19(26)23-20-22-16-12-21(2,3)13-17(25)18(16)29-20/h7-10H,5-6,11-13H2,1-4H3,(H,22,23,26). The van der Waals surface area contributed by atoms with Crippen LogP contribution in [0.1, 0.15) is 65.8 Å². The average Bonchev–Trinajstić information content (AvgIpc) is 3.07. The highest BCUT2D eigenvalue weighted by Gasteiger charge is 2.34. The second-order valence-corrected chi connectivity index (χ2v) is 11.4. The van der Waals surface area contributed by atoms with Gasteiger partial charge in [-0.2, -0.15) is 0 Å². The van der Waals surface area contributed by atoms with E-state index < -0.39 is 15.9 Å². The van der Waals surface area contributed by atoms with Crippen LogP contribution in [0.3, 0.4) is 0 Å². The number of thiazole rings is 1. The molecule has 3 rings (SSSR count). The molecular formula is C21H27N3O4S2. The number of ketones is 1. The number of fused-ring (bicyclic) bond motifs is 1. The lowest BCUT2D eigenvalue weighted by molar-refractivity contribution is 0.0915. The van der Waals surface area contributed by atoms with Crippen LogP contribution >= 0.6 is 11.3 Å². The van der Waals surface area contributed by atoms with Gasteiger partial charge in [-0.25, -0.2) is 17.7 Å². The van der Waals surface area contributed by atoms with Crippen LogP contribution in [0.2, 0.25) is 0 Å². The molecule has 0 aliphatic heterocycles. The number of unbranched alkanes of at least 4 members (excludes halogenated alkanes) is 1. The SMILES string of the molecule is CCCCN(C)S(=O)(=O)c1ccc(C(=O)Nc2nc3c(s2)C(=O)CC(C)(C)C3)cc1. The Morgan fingerprint density at radius 3 is 2.53 bits per heavy atom. The number of carbonyl (C=O) groups is 2. The Labute approximate surface area is 181 Å². The van der Waals surface area contributed by atoms with E-state index >= 15 is 0 Å². The quantitative estimate of drug-likeness (QED) is 0.690. The van der Waals surface area contributed by atoms with Crippen LogP contribution in [0, 0.1) is 5.41 Å². The van der Waals surface area contributed by atoms with E-state index in [0.29, 0.717) is 35.0 Å². The van der Waals surface area contributed by atoms with E-state index in [1.807, 2.05) is 20.8 Å². The zero-order valence-electron chi connectivity index (χ0n) is 17.7. The molecule has 0 saturated heterocycles. The molecule has 1 heterocycles. The summed E-state index contributed by atoms with van der Waals surface area (Å²) in [6.07, 6.45) is 2.85. The molecule has 0 fully saturated rings. The van der Waals surface area contributed by atoms with Gasteiger partial charge in [-0.05, 0) is 42.5 Å². The summed E-state index contributed by atoms with van der Waals surface area (Å²) in [5, 5.41) is 3.11. The van der Waals surface area contributed by atoms with Gasteiger partial charge in [0.05, 0.1) is 15.5 Å². The molecule has 1 aromatic carbocycles. The molecule has 0 radical (unpaired) electrons. The van der Waals surface area contributed by atoms with Crippen molar-refractivity contribution in [1.82, 2.24) is 9.29 Å². The molecule has 7 nitrogen and oxygen atoms in total. The Hall–Kier alpha value is -2.10. The largest absolute Gasteiger partial charge is 0.298 e. The summed E-state index contributed by atoms with van der Waals surface area (Å²) < 4.78 is 26.5. The zero-order chi connectivity index (χ0) is 22.1. The number of nitrogens with one attached hydrogen (secondary N) is 1. The fourth-order valence-electron chi connectivity index (χ4n) is 3.40. The van der Waals surface area contributed by atoms with Gasteiger partial charge in [-0.15, -0.1) is 0 Å². The number of carbonyl (C=O) groups excluding carboxylic acids is 2. The molecular weight excluding hydrogens is 422 g/mol. The van der Waals surface area contributed by atoms with Crippen molar-refractivity contribution in [3.05, 3.63) is 40.4 Å². The van der Waals surface area contributed by atoms with Crippen molar-refractivity contribution >= 4 is 38.2 Å². The highest BCUT2D eigenvalue weighted by molar-refractivity contribution is 7.89. The minimum Gasteiger partial charge on any atom is -0.298 e. The fourth-order valence-corrected chi connectivity index (χ4v) is 5.53. The normalized spacial score (nSPS) is 15.8. The molecule has 1 aromatic heterocycles. The first-order chi connectivity index (χ1) is 14.0. The summed E-state index contributed by atoms with van der Waals surface area (Å²) in [6.45, 7) is 6.51. The van der Waals surface area contributed by atoms with Crippen LogP contribution in [0.5, 0.6) is 0 Å². The predicted octanol–water partition coefficient (Wildman–Crippen LogP) is 3.97. The van der Waals surface area contributed by atoms with Crippen molar-refractivity contribution in [2.75, 3.05) is 18.9 Å². The van der Waals surface area contributed by atoms with E-state index in [9.17, 15) is 18.0 Å². The van der Waals surface area contributed by atoms with Crippen LogP contribution in [-0.2, 0) is 16.4 Å². The summed E-state index contributed by atoms with van der Waals surface area (Å²) in [7, 11) is -2.02.